The SMILES string of the molecule is Cc1nc2ccc(C(F)(F)F)cn2c1N=Nc1cc(Cl)ccc1O. The van der Waals surface area contributed by atoms with Crippen LogP contribution in [0.15, 0.2) is 46.8 Å². The van der Waals surface area contributed by atoms with Crippen molar-refractivity contribution >= 4 is 28.8 Å². The fourth-order valence-corrected chi connectivity index (χ4v) is 2.28. The van der Waals surface area contributed by atoms with Gasteiger partial charge in [-0.15, -0.1) is 10.2 Å². The zero-order valence-electron chi connectivity index (χ0n) is 12.2. The number of fused-ring (bicyclic) bond motifs is 1. The first-order valence-electron chi connectivity index (χ1n) is 6.72. The van der Waals surface area contributed by atoms with Crippen LogP contribution in [0, 0.1) is 6.92 Å². The van der Waals surface area contributed by atoms with Crippen molar-refractivity contribution in [3.63, 3.8) is 0 Å². The summed E-state index contributed by atoms with van der Waals surface area (Å²) >= 11 is 5.82. The van der Waals surface area contributed by atoms with E-state index in [1.807, 2.05) is 0 Å². The van der Waals surface area contributed by atoms with Crippen LogP contribution in [0.2, 0.25) is 5.02 Å². The molecule has 0 spiro atoms. The molecule has 0 aliphatic rings. The Morgan fingerprint density at radius 1 is 1.17 bits per heavy atom. The standard InChI is InChI=1S/C15H10ClF3N4O/c1-8-14(22-21-11-6-10(16)3-4-12(11)24)23-7-9(15(17,18)19)2-5-13(23)20-8/h2-7,24H,1H3. The summed E-state index contributed by atoms with van der Waals surface area (Å²) in [5.41, 5.74) is -0.0114. The number of phenolic OH excluding ortho intramolecular Hbond substituents is 1. The minimum atomic E-state index is -4.48. The highest BCUT2D eigenvalue weighted by Gasteiger charge is 2.31. The number of phenols is 1. The van der Waals surface area contributed by atoms with Crippen LogP contribution in [-0.2, 0) is 6.18 Å². The number of alkyl halides is 3. The second kappa shape index (κ2) is 5.79. The van der Waals surface area contributed by atoms with Crippen LogP contribution in [0.1, 0.15) is 11.3 Å². The van der Waals surface area contributed by atoms with E-state index in [-0.39, 0.29) is 17.3 Å². The molecule has 0 fully saturated rings. The number of aryl methyl sites for hydroxylation is 1. The molecule has 1 N–H and O–H groups in total. The highest BCUT2D eigenvalue weighted by Crippen LogP contribution is 2.33. The Labute approximate surface area is 139 Å². The van der Waals surface area contributed by atoms with E-state index in [0.29, 0.717) is 16.4 Å². The lowest BCUT2D eigenvalue weighted by Crippen LogP contribution is -2.06. The zero-order valence-corrected chi connectivity index (χ0v) is 13.0. The highest BCUT2D eigenvalue weighted by atomic mass is 35.5. The normalized spacial score (nSPS) is 12.4. The molecule has 0 aliphatic carbocycles. The molecular weight excluding hydrogens is 345 g/mol. The number of azo groups is 1. The summed E-state index contributed by atoms with van der Waals surface area (Å²) in [4.78, 5) is 4.14. The smallest absolute Gasteiger partial charge is 0.417 e. The third-order valence-corrected chi connectivity index (χ3v) is 3.51. The first-order chi connectivity index (χ1) is 11.3. The van der Waals surface area contributed by atoms with Gasteiger partial charge in [0.1, 0.15) is 17.1 Å². The van der Waals surface area contributed by atoms with Gasteiger partial charge in [0, 0.05) is 11.2 Å². The monoisotopic (exact) mass is 354 g/mol. The maximum Gasteiger partial charge on any atom is 0.417 e. The van der Waals surface area contributed by atoms with E-state index >= 15 is 0 Å². The van der Waals surface area contributed by atoms with Crippen molar-refractivity contribution in [1.29, 1.82) is 0 Å². The van der Waals surface area contributed by atoms with Gasteiger partial charge in [-0.3, -0.25) is 4.40 Å². The van der Waals surface area contributed by atoms with E-state index in [4.69, 9.17) is 11.6 Å². The van der Waals surface area contributed by atoms with E-state index < -0.39 is 11.7 Å². The molecule has 2 heterocycles. The summed E-state index contributed by atoms with van der Waals surface area (Å²) in [6.07, 6.45) is -3.58. The lowest BCUT2D eigenvalue weighted by Gasteiger charge is -2.07. The lowest BCUT2D eigenvalue weighted by atomic mass is 10.3. The fourth-order valence-electron chi connectivity index (χ4n) is 2.12. The summed E-state index contributed by atoms with van der Waals surface area (Å²) in [7, 11) is 0. The van der Waals surface area contributed by atoms with Crippen LogP contribution in [0.5, 0.6) is 5.75 Å². The summed E-state index contributed by atoms with van der Waals surface area (Å²) in [6.45, 7) is 1.60. The molecule has 0 amide bonds. The van der Waals surface area contributed by atoms with Gasteiger partial charge >= 0.3 is 6.18 Å². The predicted molar refractivity (Wildman–Crippen MR) is 82.2 cm³/mol. The first kappa shape index (κ1) is 16.3. The van der Waals surface area contributed by atoms with Crippen molar-refractivity contribution < 1.29 is 18.3 Å². The van der Waals surface area contributed by atoms with Gasteiger partial charge in [0.25, 0.3) is 0 Å². The van der Waals surface area contributed by atoms with E-state index in [1.54, 1.807) is 6.92 Å². The molecule has 124 valence electrons. The molecule has 24 heavy (non-hydrogen) atoms. The molecule has 0 saturated heterocycles. The average Bonchev–Trinajstić information content (AvgIpc) is 2.82. The Morgan fingerprint density at radius 3 is 2.62 bits per heavy atom. The number of benzene rings is 1. The second-order valence-electron chi connectivity index (χ2n) is 5.00. The topological polar surface area (TPSA) is 62.2 Å². The number of aromatic nitrogens is 2. The second-order valence-corrected chi connectivity index (χ2v) is 5.43. The Bertz CT molecular complexity index is 950. The maximum atomic E-state index is 12.9. The number of halogens is 4. The van der Waals surface area contributed by atoms with Crippen LogP contribution in [-0.4, -0.2) is 14.5 Å². The molecule has 0 bridgehead atoms. The van der Waals surface area contributed by atoms with Gasteiger partial charge in [0.05, 0.1) is 11.3 Å². The molecule has 3 aromatic rings. The van der Waals surface area contributed by atoms with Gasteiger partial charge in [-0.25, -0.2) is 4.98 Å². The third-order valence-electron chi connectivity index (χ3n) is 3.28. The molecular formula is C15H10ClF3N4O. The van der Waals surface area contributed by atoms with E-state index in [0.717, 1.165) is 12.3 Å². The van der Waals surface area contributed by atoms with Gasteiger partial charge in [-0.2, -0.15) is 13.2 Å². The quantitative estimate of drug-likeness (QED) is 0.623. The summed E-state index contributed by atoms with van der Waals surface area (Å²) in [5.74, 6) is -0.0129. The minimum absolute atomic E-state index is 0.101. The fraction of sp³-hybridized carbons (Fsp3) is 0.133. The molecule has 0 radical (unpaired) electrons. The van der Waals surface area contributed by atoms with Crippen LogP contribution in [0.4, 0.5) is 24.7 Å². The Balaban J connectivity index is 2.10. The van der Waals surface area contributed by atoms with Crippen molar-refractivity contribution in [3.05, 3.63) is 52.8 Å². The van der Waals surface area contributed by atoms with Gasteiger partial charge in [0.15, 0.2) is 5.82 Å². The van der Waals surface area contributed by atoms with Crippen molar-refractivity contribution in [3.8, 4) is 5.75 Å². The summed E-state index contributed by atoms with van der Waals surface area (Å²) in [6, 6.07) is 6.42. The molecule has 0 unspecified atom stereocenters. The lowest BCUT2D eigenvalue weighted by molar-refractivity contribution is -0.137. The molecule has 2 aromatic heterocycles. The zero-order chi connectivity index (χ0) is 17.5. The van der Waals surface area contributed by atoms with Crippen molar-refractivity contribution in [2.75, 3.05) is 0 Å². The Kier molecular flexibility index (Phi) is 3.92. The average molecular weight is 355 g/mol. The van der Waals surface area contributed by atoms with E-state index in [1.165, 1.54) is 28.7 Å². The third kappa shape index (κ3) is 3.05. The molecule has 0 saturated carbocycles. The van der Waals surface area contributed by atoms with Crippen LogP contribution >= 0.6 is 11.6 Å². The number of pyridine rings is 1. The van der Waals surface area contributed by atoms with Gasteiger partial charge in [-0.1, -0.05) is 11.6 Å². The summed E-state index contributed by atoms with van der Waals surface area (Å²) < 4.78 is 39.8. The van der Waals surface area contributed by atoms with E-state index in [2.05, 4.69) is 15.2 Å². The Hall–Kier alpha value is -2.61. The number of nitrogens with zero attached hydrogens (tertiary/aromatic N) is 4. The number of hydrogen-bond donors (Lipinski definition) is 1. The van der Waals surface area contributed by atoms with Crippen LogP contribution in [0.3, 0.4) is 0 Å². The van der Waals surface area contributed by atoms with Crippen LogP contribution in [0.25, 0.3) is 5.65 Å². The van der Waals surface area contributed by atoms with Crippen molar-refractivity contribution in [1.82, 2.24) is 9.38 Å². The highest BCUT2D eigenvalue weighted by molar-refractivity contribution is 6.30. The first-order valence-corrected chi connectivity index (χ1v) is 7.09. The van der Waals surface area contributed by atoms with Crippen molar-refractivity contribution in [2.45, 2.75) is 13.1 Å². The number of rotatable bonds is 2. The molecule has 5 nitrogen and oxygen atoms in total. The largest absolute Gasteiger partial charge is 0.506 e. The predicted octanol–water partition coefficient (Wildman–Crippen LogP) is 5.44. The van der Waals surface area contributed by atoms with Crippen molar-refractivity contribution in [2.24, 2.45) is 10.2 Å². The van der Waals surface area contributed by atoms with Crippen LogP contribution < -0.4 is 0 Å². The molecule has 1 aromatic carbocycles. The Morgan fingerprint density at radius 2 is 1.92 bits per heavy atom. The molecule has 9 heteroatoms. The molecule has 3 rings (SSSR count). The molecule has 0 atom stereocenters. The van der Waals surface area contributed by atoms with Gasteiger partial charge in [-0.05, 0) is 37.3 Å². The van der Waals surface area contributed by atoms with E-state index in [9.17, 15) is 18.3 Å². The minimum Gasteiger partial charge on any atom is -0.506 e. The maximum absolute atomic E-state index is 12.9. The number of imidazole rings is 1. The number of hydrogen-bond acceptors (Lipinski definition) is 4. The van der Waals surface area contributed by atoms with Gasteiger partial charge in [0.2, 0.25) is 0 Å². The summed E-state index contributed by atoms with van der Waals surface area (Å²) in [5, 5.41) is 17.8. The molecule has 0 aliphatic heterocycles. The number of aromatic hydroxyl groups is 1. The van der Waals surface area contributed by atoms with Gasteiger partial charge < -0.3 is 5.11 Å².